The van der Waals surface area contributed by atoms with Gasteiger partial charge in [-0.2, -0.15) is 9.29 Å². The average molecular weight is 386 g/mol. The summed E-state index contributed by atoms with van der Waals surface area (Å²) in [5.41, 5.74) is 0.752. The number of sulfonamides is 1. The van der Waals surface area contributed by atoms with Crippen LogP contribution in [0.15, 0.2) is 58.2 Å². The van der Waals surface area contributed by atoms with Crippen molar-refractivity contribution in [1.29, 1.82) is 0 Å². The molecule has 1 aliphatic heterocycles. The Morgan fingerprint density at radius 1 is 1.22 bits per heavy atom. The maximum atomic E-state index is 12.9. The van der Waals surface area contributed by atoms with Gasteiger partial charge < -0.3 is 9.26 Å². The Kier molecular flexibility index (Phi) is 4.63. The lowest BCUT2D eigenvalue weighted by molar-refractivity contribution is 0.216. The van der Waals surface area contributed by atoms with E-state index in [1.807, 2.05) is 13.0 Å². The molecule has 0 saturated carbocycles. The highest BCUT2D eigenvalue weighted by Crippen LogP contribution is 2.34. The summed E-state index contributed by atoms with van der Waals surface area (Å²) in [7, 11) is -3.63. The number of pyridine rings is 1. The first kappa shape index (κ1) is 17.6. The first-order valence-corrected chi connectivity index (χ1v) is 9.99. The van der Waals surface area contributed by atoms with Gasteiger partial charge in [0.2, 0.25) is 21.7 Å². The molecule has 8 nitrogen and oxygen atoms in total. The van der Waals surface area contributed by atoms with Gasteiger partial charge in [0.05, 0.1) is 12.5 Å². The van der Waals surface area contributed by atoms with Crippen LogP contribution in [0.2, 0.25) is 0 Å². The minimum Gasteiger partial charge on any atom is -0.492 e. The normalized spacial score (nSPS) is 15.4. The van der Waals surface area contributed by atoms with Crippen molar-refractivity contribution in [3.05, 3.63) is 54.7 Å². The molecule has 0 N–H and O–H groups in total. The number of ether oxygens (including phenoxy) is 1. The van der Waals surface area contributed by atoms with Gasteiger partial charge >= 0.3 is 0 Å². The Hall–Kier alpha value is -2.78. The fraction of sp³-hybridized carbons (Fsp3) is 0.278. The summed E-state index contributed by atoms with van der Waals surface area (Å²) < 4.78 is 37.9. The molecule has 0 radical (unpaired) electrons. The molecule has 1 saturated heterocycles. The molecule has 0 unspecified atom stereocenters. The predicted molar refractivity (Wildman–Crippen MR) is 96.6 cm³/mol. The Bertz CT molecular complexity index is 1030. The summed E-state index contributed by atoms with van der Waals surface area (Å²) in [6.07, 6.45) is 3.32. The lowest BCUT2D eigenvalue weighted by atomic mass is 10.0. The molecule has 0 aliphatic carbocycles. The SMILES string of the molecule is CCOc1ccccc1S(=O)(=O)N1CC(c2nc(-c3cccnc3)no2)C1. The molecule has 1 aliphatic rings. The van der Waals surface area contributed by atoms with Crippen LogP contribution in [0.1, 0.15) is 18.7 Å². The summed E-state index contributed by atoms with van der Waals surface area (Å²) in [4.78, 5) is 8.58. The molecule has 4 rings (SSSR count). The average Bonchev–Trinajstić information content (AvgIpc) is 3.11. The molecular formula is C18H18N4O4S. The van der Waals surface area contributed by atoms with Crippen LogP contribution < -0.4 is 4.74 Å². The van der Waals surface area contributed by atoms with E-state index in [1.54, 1.807) is 42.7 Å². The number of aromatic nitrogens is 3. The summed E-state index contributed by atoms with van der Waals surface area (Å²) in [5, 5.41) is 3.96. The van der Waals surface area contributed by atoms with E-state index in [1.165, 1.54) is 4.31 Å². The van der Waals surface area contributed by atoms with E-state index in [-0.39, 0.29) is 23.9 Å². The Labute approximate surface area is 156 Å². The molecule has 1 fully saturated rings. The van der Waals surface area contributed by atoms with Gasteiger partial charge in [-0.25, -0.2) is 8.42 Å². The van der Waals surface area contributed by atoms with Crippen LogP contribution in [0.25, 0.3) is 11.4 Å². The van der Waals surface area contributed by atoms with Gasteiger partial charge in [0.15, 0.2) is 0 Å². The van der Waals surface area contributed by atoms with Crippen LogP contribution in [-0.4, -0.2) is 47.5 Å². The highest BCUT2D eigenvalue weighted by Gasteiger charge is 2.41. The zero-order valence-electron chi connectivity index (χ0n) is 14.6. The smallest absolute Gasteiger partial charge is 0.246 e. The Morgan fingerprint density at radius 3 is 2.78 bits per heavy atom. The van der Waals surface area contributed by atoms with E-state index in [4.69, 9.17) is 9.26 Å². The van der Waals surface area contributed by atoms with Crippen molar-refractivity contribution in [2.24, 2.45) is 0 Å². The van der Waals surface area contributed by atoms with E-state index >= 15 is 0 Å². The second-order valence-corrected chi connectivity index (χ2v) is 8.00. The molecule has 0 bridgehead atoms. The fourth-order valence-corrected chi connectivity index (χ4v) is 4.54. The van der Waals surface area contributed by atoms with Crippen molar-refractivity contribution in [1.82, 2.24) is 19.4 Å². The maximum Gasteiger partial charge on any atom is 0.246 e. The van der Waals surface area contributed by atoms with Crippen molar-refractivity contribution < 1.29 is 17.7 Å². The third-order valence-corrected chi connectivity index (χ3v) is 6.20. The molecule has 27 heavy (non-hydrogen) atoms. The molecule has 9 heteroatoms. The van der Waals surface area contributed by atoms with Gasteiger partial charge in [0.25, 0.3) is 0 Å². The molecule has 140 valence electrons. The van der Waals surface area contributed by atoms with Gasteiger partial charge in [-0.1, -0.05) is 17.3 Å². The van der Waals surface area contributed by atoms with E-state index in [0.717, 1.165) is 5.56 Å². The monoisotopic (exact) mass is 386 g/mol. The Balaban J connectivity index is 1.49. The molecule has 0 amide bonds. The molecule has 0 spiro atoms. The number of rotatable bonds is 6. The van der Waals surface area contributed by atoms with E-state index in [2.05, 4.69) is 15.1 Å². The second kappa shape index (κ2) is 7.09. The Morgan fingerprint density at radius 2 is 2.04 bits per heavy atom. The standard InChI is InChI=1S/C18H18N4O4S/c1-2-25-15-7-3-4-8-16(15)27(23,24)22-11-14(12-22)18-20-17(21-26-18)13-6-5-9-19-10-13/h3-10,14H,2,11-12H2,1H3. The highest BCUT2D eigenvalue weighted by molar-refractivity contribution is 7.89. The van der Waals surface area contributed by atoms with Crippen molar-refractivity contribution >= 4 is 10.0 Å². The topological polar surface area (TPSA) is 98.4 Å². The van der Waals surface area contributed by atoms with Gasteiger partial charge in [-0.05, 0) is 31.2 Å². The minimum atomic E-state index is -3.63. The summed E-state index contributed by atoms with van der Waals surface area (Å²) in [6, 6.07) is 10.3. The van der Waals surface area contributed by atoms with Gasteiger partial charge in [0.1, 0.15) is 10.6 Å². The van der Waals surface area contributed by atoms with Crippen molar-refractivity contribution in [3.8, 4) is 17.1 Å². The van der Waals surface area contributed by atoms with Crippen molar-refractivity contribution in [2.45, 2.75) is 17.7 Å². The van der Waals surface area contributed by atoms with Crippen molar-refractivity contribution in [3.63, 3.8) is 0 Å². The lowest BCUT2D eigenvalue weighted by Gasteiger charge is -2.36. The lowest BCUT2D eigenvalue weighted by Crippen LogP contribution is -2.48. The van der Waals surface area contributed by atoms with Crippen LogP contribution >= 0.6 is 0 Å². The quantitative estimate of drug-likeness (QED) is 0.641. The van der Waals surface area contributed by atoms with Crippen LogP contribution in [0.3, 0.4) is 0 Å². The van der Waals surface area contributed by atoms with Crippen LogP contribution in [-0.2, 0) is 10.0 Å². The minimum absolute atomic E-state index is 0.128. The number of benzene rings is 1. The third-order valence-electron chi connectivity index (χ3n) is 4.33. The van der Waals surface area contributed by atoms with Gasteiger partial charge in [-0.15, -0.1) is 0 Å². The number of hydrogen-bond acceptors (Lipinski definition) is 7. The molecule has 1 aromatic carbocycles. The number of nitrogens with zero attached hydrogens (tertiary/aromatic N) is 4. The largest absolute Gasteiger partial charge is 0.492 e. The molecule has 0 atom stereocenters. The molecule has 3 heterocycles. The zero-order valence-corrected chi connectivity index (χ0v) is 15.5. The molecule has 2 aromatic heterocycles. The zero-order chi connectivity index (χ0) is 18.9. The summed E-state index contributed by atoms with van der Waals surface area (Å²) in [6.45, 7) is 2.79. The maximum absolute atomic E-state index is 12.9. The first-order valence-electron chi connectivity index (χ1n) is 8.55. The highest BCUT2D eigenvalue weighted by atomic mass is 32.2. The third kappa shape index (κ3) is 3.31. The molecular weight excluding hydrogens is 368 g/mol. The number of para-hydroxylation sites is 1. The van der Waals surface area contributed by atoms with Gasteiger partial charge in [-0.3, -0.25) is 4.98 Å². The van der Waals surface area contributed by atoms with Gasteiger partial charge in [0, 0.05) is 31.0 Å². The fourth-order valence-electron chi connectivity index (χ4n) is 2.88. The van der Waals surface area contributed by atoms with Crippen LogP contribution in [0.4, 0.5) is 0 Å². The second-order valence-electron chi connectivity index (χ2n) is 6.10. The van der Waals surface area contributed by atoms with E-state index in [0.29, 0.717) is 24.1 Å². The van der Waals surface area contributed by atoms with E-state index in [9.17, 15) is 8.42 Å². The van der Waals surface area contributed by atoms with Crippen LogP contribution in [0, 0.1) is 0 Å². The van der Waals surface area contributed by atoms with Crippen LogP contribution in [0.5, 0.6) is 5.75 Å². The van der Waals surface area contributed by atoms with Crippen molar-refractivity contribution in [2.75, 3.05) is 19.7 Å². The number of hydrogen-bond donors (Lipinski definition) is 0. The first-order chi connectivity index (χ1) is 13.1. The molecule has 3 aromatic rings. The summed E-state index contributed by atoms with van der Waals surface area (Å²) >= 11 is 0. The predicted octanol–water partition coefficient (Wildman–Crippen LogP) is 2.32. The van der Waals surface area contributed by atoms with E-state index < -0.39 is 10.0 Å². The summed E-state index contributed by atoms with van der Waals surface area (Å²) in [5.74, 6) is 1.11.